The Morgan fingerprint density at radius 2 is 1.68 bits per heavy atom. The van der Waals surface area contributed by atoms with E-state index in [0.29, 0.717) is 28.5 Å². The van der Waals surface area contributed by atoms with Gasteiger partial charge in [-0.25, -0.2) is 0 Å². The predicted molar refractivity (Wildman–Crippen MR) is 94.5 cm³/mol. The van der Waals surface area contributed by atoms with Gasteiger partial charge in [0.1, 0.15) is 0 Å². The summed E-state index contributed by atoms with van der Waals surface area (Å²) >= 11 is 0. The fraction of sp³-hybridized carbons (Fsp3) is 0.579. The molecule has 25 heavy (non-hydrogen) atoms. The van der Waals surface area contributed by atoms with Gasteiger partial charge in [-0.15, -0.1) is 0 Å². The molecule has 0 unspecified atom stereocenters. The number of carbonyl (C=O) groups is 2. The third kappa shape index (κ3) is 4.24. The largest absolute Gasteiger partial charge is 0.454 e. The highest BCUT2D eigenvalue weighted by Crippen LogP contribution is 2.37. The summed E-state index contributed by atoms with van der Waals surface area (Å²) in [4.78, 5) is 24.3. The van der Waals surface area contributed by atoms with E-state index in [-0.39, 0.29) is 12.8 Å². The molecule has 0 aromatic heterocycles. The minimum Gasteiger partial charge on any atom is -0.454 e. The molecule has 2 aliphatic rings. The lowest BCUT2D eigenvalue weighted by Gasteiger charge is -2.37. The van der Waals surface area contributed by atoms with Crippen LogP contribution in [0.5, 0.6) is 11.5 Å². The first-order valence-electron chi connectivity index (χ1n) is 8.84. The Labute approximate surface area is 148 Å². The lowest BCUT2D eigenvalue weighted by Crippen LogP contribution is -2.44. The molecule has 3 rings (SSSR count). The van der Waals surface area contributed by atoms with Crippen molar-refractivity contribution < 1.29 is 19.1 Å². The zero-order chi connectivity index (χ0) is 18.0. The molecule has 0 saturated heterocycles. The van der Waals surface area contributed by atoms with Crippen molar-refractivity contribution in [2.24, 2.45) is 11.3 Å². The van der Waals surface area contributed by atoms with Crippen LogP contribution in [0.25, 0.3) is 0 Å². The quantitative estimate of drug-likeness (QED) is 0.807. The van der Waals surface area contributed by atoms with Crippen LogP contribution >= 0.6 is 0 Å². The molecule has 1 saturated carbocycles. The normalized spacial score (nSPS) is 22.4. The Balaban J connectivity index is 1.49. The van der Waals surface area contributed by atoms with E-state index in [2.05, 4.69) is 31.4 Å². The first kappa shape index (κ1) is 17.6. The summed E-state index contributed by atoms with van der Waals surface area (Å²) in [5.41, 5.74) is 0.812. The standard InChI is InChI=1S/C19H26N2O4/c1-19(2,3)12-4-6-13(7-5-12)20-17(22)18(23)21-14-8-9-15-16(10-14)25-11-24-15/h8-10,12-13H,4-7,11H2,1-3H3,(H,20,22)(H,21,23). The molecule has 1 aliphatic heterocycles. The number of hydrogen-bond acceptors (Lipinski definition) is 4. The van der Waals surface area contributed by atoms with Gasteiger partial charge in [-0.2, -0.15) is 0 Å². The van der Waals surface area contributed by atoms with Crippen LogP contribution in [0.2, 0.25) is 0 Å². The molecule has 1 aromatic rings. The molecule has 2 N–H and O–H groups in total. The SMILES string of the molecule is CC(C)(C)C1CCC(NC(=O)C(=O)Nc2ccc3c(c2)OCO3)CC1. The molecule has 1 fully saturated rings. The lowest BCUT2D eigenvalue weighted by atomic mass is 9.71. The molecule has 6 nitrogen and oxygen atoms in total. The zero-order valence-electron chi connectivity index (χ0n) is 15.1. The van der Waals surface area contributed by atoms with E-state index < -0.39 is 11.8 Å². The number of amides is 2. The molecule has 0 bridgehead atoms. The Morgan fingerprint density at radius 1 is 1.00 bits per heavy atom. The van der Waals surface area contributed by atoms with Crippen LogP contribution in [0.4, 0.5) is 5.69 Å². The Hall–Kier alpha value is -2.24. The first-order valence-corrected chi connectivity index (χ1v) is 8.84. The fourth-order valence-corrected chi connectivity index (χ4v) is 3.52. The van der Waals surface area contributed by atoms with Crippen molar-refractivity contribution in [3.05, 3.63) is 18.2 Å². The number of nitrogens with one attached hydrogen (secondary N) is 2. The van der Waals surface area contributed by atoms with Crippen molar-refractivity contribution in [1.29, 1.82) is 0 Å². The van der Waals surface area contributed by atoms with Gasteiger partial charge in [-0.05, 0) is 49.1 Å². The number of fused-ring (bicyclic) bond motifs is 1. The van der Waals surface area contributed by atoms with Crippen LogP contribution in [0.3, 0.4) is 0 Å². The predicted octanol–water partition coefficient (Wildman–Crippen LogP) is 3.07. The number of anilines is 1. The van der Waals surface area contributed by atoms with Crippen LogP contribution < -0.4 is 20.1 Å². The van der Waals surface area contributed by atoms with E-state index in [4.69, 9.17) is 9.47 Å². The molecule has 0 radical (unpaired) electrons. The van der Waals surface area contributed by atoms with E-state index in [1.165, 1.54) is 0 Å². The van der Waals surface area contributed by atoms with Crippen molar-refractivity contribution in [1.82, 2.24) is 5.32 Å². The minimum atomic E-state index is -0.656. The van der Waals surface area contributed by atoms with Crippen LogP contribution in [0, 0.1) is 11.3 Å². The van der Waals surface area contributed by atoms with Gasteiger partial charge < -0.3 is 20.1 Å². The van der Waals surface area contributed by atoms with Crippen LogP contribution in [-0.2, 0) is 9.59 Å². The highest BCUT2D eigenvalue weighted by atomic mass is 16.7. The molecule has 0 atom stereocenters. The van der Waals surface area contributed by atoms with E-state index in [1.54, 1.807) is 18.2 Å². The Kier molecular flexibility index (Phi) is 4.88. The number of ether oxygens (including phenoxy) is 2. The van der Waals surface area contributed by atoms with E-state index in [1.807, 2.05) is 0 Å². The van der Waals surface area contributed by atoms with Gasteiger partial charge in [0.15, 0.2) is 11.5 Å². The molecule has 1 aliphatic carbocycles. The van der Waals surface area contributed by atoms with Gasteiger partial charge >= 0.3 is 11.8 Å². The van der Waals surface area contributed by atoms with Gasteiger partial charge in [0.25, 0.3) is 0 Å². The number of carbonyl (C=O) groups excluding carboxylic acids is 2. The molecule has 136 valence electrons. The summed E-state index contributed by atoms with van der Waals surface area (Å²) in [5, 5.41) is 5.46. The summed E-state index contributed by atoms with van der Waals surface area (Å²) in [6.45, 7) is 6.95. The molecule has 0 spiro atoms. The number of benzene rings is 1. The van der Waals surface area contributed by atoms with Gasteiger partial charge in [-0.3, -0.25) is 9.59 Å². The highest BCUT2D eigenvalue weighted by Gasteiger charge is 2.31. The van der Waals surface area contributed by atoms with Gasteiger partial charge in [0, 0.05) is 17.8 Å². The maximum absolute atomic E-state index is 12.1. The maximum atomic E-state index is 12.1. The van der Waals surface area contributed by atoms with Gasteiger partial charge in [-0.1, -0.05) is 20.8 Å². The van der Waals surface area contributed by atoms with E-state index in [0.717, 1.165) is 25.7 Å². The molecule has 1 heterocycles. The van der Waals surface area contributed by atoms with Crippen molar-refractivity contribution in [2.75, 3.05) is 12.1 Å². The molecule has 6 heteroatoms. The van der Waals surface area contributed by atoms with Crippen LogP contribution in [-0.4, -0.2) is 24.6 Å². The summed E-state index contributed by atoms with van der Waals surface area (Å²) in [5.74, 6) is 0.633. The summed E-state index contributed by atoms with van der Waals surface area (Å²) in [6.07, 6.45) is 4.01. The summed E-state index contributed by atoms with van der Waals surface area (Å²) in [6, 6.07) is 5.13. The van der Waals surface area contributed by atoms with Crippen molar-refractivity contribution in [3.8, 4) is 11.5 Å². The zero-order valence-corrected chi connectivity index (χ0v) is 15.1. The Morgan fingerprint density at radius 3 is 2.36 bits per heavy atom. The molecule has 1 aromatic carbocycles. The first-order chi connectivity index (χ1) is 11.8. The topological polar surface area (TPSA) is 76.7 Å². The van der Waals surface area contributed by atoms with Crippen LogP contribution in [0.15, 0.2) is 18.2 Å². The summed E-state index contributed by atoms with van der Waals surface area (Å²) < 4.78 is 10.5. The second-order valence-electron chi connectivity index (χ2n) is 7.91. The molecule has 2 amide bonds. The highest BCUT2D eigenvalue weighted by molar-refractivity contribution is 6.39. The lowest BCUT2D eigenvalue weighted by molar-refractivity contribution is -0.136. The fourth-order valence-electron chi connectivity index (χ4n) is 3.52. The summed E-state index contributed by atoms with van der Waals surface area (Å²) in [7, 11) is 0. The Bertz CT molecular complexity index is 658. The van der Waals surface area contributed by atoms with Gasteiger partial charge in [0.2, 0.25) is 6.79 Å². The second-order valence-corrected chi connectivity index (χ2v) is 7.91. The number of hydrogen-bond donors (Lipinski definition) is 2. The maximum Gasteiger partial charge on any atom is 0.313 e. The smallest absolute Gasteiger partial charge is 0.313 e. The van der Waals surface area contributed by atoms with E-state index in [9.17, 15) is 9.59 Å². The van der Waals surface area contributed by atoms with Crippen molar-refractivity contribution >= 4 is 17.5 Å². The molecular formula is C19H26N2O4. The monoisotopic (exact) mass is 346 g/mol. The third-order valence-electron chi connectivity index (χ3n) is 5.12. The van der Waals surface area contributed by atoms with Crippen LogP contribution in [0.1, 0.15) is 46.5 Å². The number of rotatable bonds is 2. The minimum absolute atomic E-state index is 0.0774. The average Bonchev–Trinajstić information content (AvgIpc) is 3.02. The van der Waals surface area contributed by atoms with Crippen molar-refractivity contribution in [3.63, 3.8) is 0 Å². The van der Waals surface area contributed by atoms with Gasteiger partial charge in [0.05, 0.1) is 0 Å². The average molecular weight is 346 g/mol. The van der Waals surface area contributed by atoms with Crippen molar-refractivity contribution in [2.45, 2.75) is 52.5 Å². The second kappa shape index (κ2) is 6.94. The molecular weight excluding hydrogens is 320 g/mol. The van der Waals surface area contributed by atoms with E-state index >= 15 is 0 Å². The third-order valence-corrected chi connectivity index (χ3v) is 5.12.